The second kappa shape index (κ2) is 12.9. The summed E-state index contributed by atoms with van der Waals surface area (Å²) in [6, 6.07) is 11.9. The molecule has 0 fully saturated rings. The summed E-state index contributed by atoms with van der Waals surface area (Å²) in [7, 11) is -4.53. The molecule has 1 aromatic heterocycles. The van der Waals surface area contributed by atoms with Gasteiger partial charge in [0, 0.05) is 19.6 Å². The maximum absolute atomic E-state index is 13.9. The van der Waals surface area contributed by atoms with Crippen molar-refractivity contribution in [2.45, 2.75) is 76.6 Å². The Morgan fingerprint density at radius 2 is 1.77 bits per heavy atom. The molecule has 1 unspecified atom stereocenters. The molecule has 11 nitrogen and oxygen atoms in total. The van der Waals surface area contributed by atoms with E-state index in [1.54, 1.807) is 33.8 Å². The molecule has 0 aliphatic carbocycles. The van der Waals surface area contributed by atoms with Crippen LogP contribution in [0, 0.1) is 5.82 Å². The number of carbonyl (C=O) groups excluding carboxylic acids is 2. The highest BCUT2D eigenvalue weighted by atomic mass is 32.2. The second-order valence-electron chi connectivity index (χ2n) is 11.0. The van der Waals surface area contributed by atoms with Gasteiger partial charge in [0.05, 0.1) is 6.04 Å². The summed E-state index contributed by atoms with van der Waals surface area (Å²) >= 11 is 0. The van der Waals surface area contributed by atoms with Gasteiger partial charge in [0.15, 0.2) is 5.69 Å². The van der Waals surface area contributed by atoms with Crippen LogP contribution in [0.3, 0.4) is 0 Å². The zero-order valence-electron chi connectivity index (χ0n) is 24.5. The third kappa shape index (κ3) is 7.58. The molecule has 1 N–H and O–H groups in total. The highest BCUT2D eigenvalue weighted by Gasteiger charge is 2.36. The molecule has 2 aromatic carbocycles. The molecule has 1 aliphatic heterocycles. The van der Waals surface area contributed by atoms with Crippen LogP contribution in [0.2, 0.25) is 0 Å². The molecule has 0 bridgehead atoms. The minimum Gasteiger partial charge on any atom is -0.444 e. The number of carbonyl (C=O) groups is 2. The molecule has 0 spiro atoms. The Labute approximate surface area is 249 Å². The highest BCUT2D eigenvalue weighted by Crippen LogP contribution is 2.31. The third-order valence-corrected chi connectivity index (χ3v) is 7.95. The monoisotopic (exact) mass is 614 g/mol. The van der Waals surface area contributed by atoms with Gasteiger partial charge in [-0.2, -0.15) is 8.42 Å². The van der Waals surface area contributed by atoms with Crippen molar-refractivity contribution < 1.29 is 31.3 Å². The summed E-state index contributed by atoms with van der Waals surface area (Å²) in [6.07, 6.45) is 0.977. The fourth-order valence-corrected chi connectivity index (χ4v) is 5.65. The first-order valence-electron chi connectivity index (χ1n) is 14.0. The first-order chi connectivity index (χ1) is 20.3. The largest absolute Gasteiger partial charge is 0.444 e. The van der Waals surface area contributed by atoms with Gasteiger partial charge >= 0.3 is 16.2 Å². The molecule has 1 aliphatic rings. The second-order valence-corrected chi connectivity index (χ2v) is 12.6. The maximum atomic E-state index is 13.9. The normalized spacial score (nSPS) is 15.1. The molecule has 0 radical (unpaired) electrons. The summed E-state index contributed by atoms with van der Waals surface area (Å²) in [5.74, 6) is -1.97. The minimum absolute atomic E-state index is 0.0630. The van der Waals surface area contributed by atoms with Gasteiger partial charge in [0.25, 0.3) is 11.5 Å². The summed E-state index contributed by atoms with van der Waals surface area (Å²) in [4.78, 5) is 46.4. The minimum atomic E-state index is -4.53. The molecule has 2 amide bonds. The van der Waals surface area contributed by atoms with Gasteiger partial charge in [-0.3, -0.25) is 19.1 Å². The van der Waals surface area contributed by atoms with E-state index in [0.717, 1.165) is 0 Å². The van der Waals surface area contributed by atoms with Crippen LogP contribution in [0.25, 0.3) is 0 Å². The zero-order chi connectivity index (χ0) is 31.4. The smallest absolute Gasteiger partial charge is 0.410 e. The van der Waals surface area contributed by atoms with Crippen LogP contribution in [0.15, 0.2) is 64.3 Å². The van der Waals surface area contributed by atoms with E-state index in [1.165, 1.54) is 58.0 Å². The van der Waals surface area contributed by atoms with Crippen molar-refractivity contribution in [3.8, 4) is 5.75 Å². The molecule has 1 atom stereocenters. The van der Waals surface area contributed by atoms with Crippen LogP contribution >= 0.6 is 0 Å². The van der Waals surface area contributed by atoms with Gasteiger partial charge in [-0.25, -0.2) is 14.2 Å². The van der Waals surface area contributed by atoms with E-state index in [4.69, 9.17) is 8.92 Å². The van der Waals surface area contributed by atoms with Crippen LogP contribution < -0.4 is 15.1 Å². The number of fused-ring (bicyclic) bond motifs is 1. The molecule has 230 valence electrons. The van der Waals surface area contributed by atoms with E-state index in [0.29, 0.717) is 24.8 Å². The predicted molar refractivity (Wildman–Crippen MR) is 156 cm³/mol. The zero-order valence-corrected chi connectivity index (χ0v) is 25.3. The molecule has 0 saturated heterocycles. The molecule has 13 heteroatoms. The number of nitrogens with zero attached hydrogens (tertiary/aromatic N) is 3. The lowest BCUT2D eigenvalue weighted by Crippen LogP contribution is -2.42. The highest BCUT2D eigenvalue weighted by molar-refractivity contribution is 7.87. The van der Waals surface area contributed by atoms with Crippen LogP contribution in [-0.4, -0.2) is 47.0 Å². The molecular formula is C30H35FN4O7S. The summed E-state index contributed by atoms with van der Waals surface area (Å²) in [5, 5.41) is 2.61. The average molecular weight is 615 g/mol. The quantitative estimate of drug-likeness (QED) is 0.365. The standard InChI is InChI=1S/C30H35FN4O7S/c1-5-34(29(38)41-30(2,3)4)23-13-9-10-18-35-26(23)33-24(27(36)32-19-20-14-16-21(31)17-15-20)25(28(35)37)42-43(39,40)22-11-7-6-8-12-22/h6-8,11-12,14-17,23H,5,9-10,13,18-19H2,1-4H3,(H,32,36). The first kappa shape index (κ1) is 31.7. The van der Waals surface area contributed by atoms with Crippen LogP contribution in [0.1, 0.15) is 74.9 Å². The third-order valence-electron chi connectivity index (χ3n) is 6.72. The topological polar surface area (TPSA) is 137 Å². The van der Waals surface area contributed by atoms with E-state index in [9.17, 15) is 27.2 Å². The molecule has 4 rings (SSSR count). The number of nitrogens with one attached hydrogen (secondary N) is 1. The van der Waals surface area contributed by atoms with Gasteiger partial charge in [-0.05, 0) is 76.8 Å². The van der Waals surface area contributed by atoms with Gasteiger partial charge < -0.3 is 14.2 Å². The summed E-state index contributed by atoms with van der Waals surface area (Å²) in [6.45, 7) is 7.31. The lowest BCUT2D eigenvalue weighted by molar-refractivity contribution is 0.0150. The van der Waals surface area contributed by atoms with E-state index in [1.807, 2.05) is 0 Å². The Hall–Kier alpha value is -4.26. The molecule has 0 saturated carbocycles. The molecule has 3 aromatic rings. The van der Waals surface area contributed by atoms with Crippen LogP contribution in [0.4, 0.5) is 9.18 Å². The van der Waals surface area contributed by atoms with Gasteiger partial charge in [0.1, 0.15) is 22.1 Å². The van der Waals surface area contributed by atoms with E-state index in [2.05, 4.69) is 10.3 Å². The summed E-state index contributed by atoms with van der Waals surface area (Å²) < 4.78 is 51.9. The van der Waals surface area contributed by atoms with Crippen LogP contribution in [0.5, 0.6) is 5.75 Å². The SMILES string of the molecule is CCN(C(=O)OC(C)(C)C)C1CCCCn2c1nc(C(=O)NCc1ccc(F)cc1)c(OS(=O)(=O)c1ccccc1)c2=O. The number of hydrogen-bond donors (Lipinski definition) is 1. The first-order valence-corrected chi connectivity index (χ1v) is 15.4. The van der Waals surface area contributed by atoms with Crippen molar-refractivity contribution in [3.05, 3.63) is 87.9 Å². The van der Waals surface area contributed by atoms with Crippen molar-refractivity contribution in [1.82, 2.24) is 19.8 Å². The van der Waals surface area contributed by atoms with Gasteiger partial charge in [0.2, 0.25) is 5.75 Å². The Kier molecular flexibility index (Phi) is 9.53. The Balaban J connectivity index is 1.83. The van der Waals surface area contributed by atoms with Crippen LogP contribution in [-0.2, 0) is 27.9 Å². The predicted octanol–water partition coefficient (Wildman–Crippen LogP) is 4.56. The Bertz CT molecular complexity index is 1640. The number of amides is 2. The van der Waals surface area contributed by atoms with Crippen molar-refractivity contribution >= 4 is 22.1 Å². The van der Waals surface area contributed by atoms with Crippen molar-refractivity contribution in [2.24, 2.45) is 0 Å². The number of aromatic nitrogens is 2. The lowest BCUT2D eigenvalue weighted by Gasteiger charge is -2.32. The van der Waals surface area contributed by atoms with Crippen molar-refractivity contribution in [3.63, 3.8) is 0 Å². The molecular weight excluding hydrogens is 579 g/mol. The molecule has 2 heterocycles. The number of benzene rings is 2. The van der Waals surface area contributed by atoms with E-state index in [-0.39, 0.29) is 30.4 Å². The number of hydrogen-bond acceptors (Lipinski definition) is 8. The Morgan fingerprint density at radius 3 is 2.40 bits per heavy atom. The van der Waals surface area contributed by atoms with E-state index >= 15 is 0 Å². The number of rotatable bonds is 8. The fourth-order valence-electron chi connectivity index (χ4n) is 4.70. The van der Waals surface area contributed by atoms with Crippen molar-refractivity contribution in [2.75, 3.05) is 6.54 Å². The van der Waals surface area contributed by atoms with Gasteiger partial charge in [-0.15, -0.1) is 0 Å². The maximum Gasteiger partial charge on any atom is 0.410 e. The fraction of sp³-hybridized carbons (Fsp3) is 0.400. The number of halogens is 1. The van der Waals surface area contributed by atoms with Gasteiger partial charge in [-0.1, -0.05) is 30.3 Å². The summed E-state index contributed by atoms with van der Waals surface area (Å²) in [5.41, 5.74) is -1.65. The number of ether oxygens (including phenoxy) is 1. The average Bonchev–Trinajstić information content (AvgIpc) is 3.16. The van der Waals surface area contributed by atoms with E-state index < -0.39 is 56.6 Å². The lowest BCUT2D eigenvalue weighted by atomic mass is 10.1. The molecule has 43 heavy (non-hydrogen) atoms. The Morgan fingerprint density at radius 1 is 1.09 bits per heavy atom. The van der Waals surface area contributed by atoms with Crippen molar-refractivity contribution in [1.29, 1.82) is 0 Å².